The summed E-state index contributed by atoms with van der Waals surface area (Å²) in [6, 6.07) is 0. The molecule has 0 saturated heterocycles. The van der Waals surface area contributed by atoms with Crippen LogP contribution in [0.15, 0.2) is 122 Å². The highest BCUT2D eigenvalue weighted by molar-refractivity contribution is 5.71. The number of carbonyl (C=O) groups is 3. The van der Waals surface area contributed by atoms with E-state index in [2.05, 4.69) is 142 Å². The van der Waals surface area contributed by atoms with Crippen molar-refractivity contribution >= 4 is 17.9 Å². The van der Waals surface area contributed by atoms with Gasteiger partial charge >= 0.3 is 17.9 Å². The molecular weight excluding hydrogens is 841 g/mol. The summed E-state index contributed by atoms with van der Waals surface area (Å²) in [5, 5.41) is 0. The summed E-state index contributed by atoms with van der Waals surface area (Å²) in [4.78, 5) is 38.0. The van der Waals surface area contributed by atoms with Crippen LogP contribution in [-0.4, -0.2) is 37.2 Å². The molecule has 0 spiro atoms. The van der Waals surface area contributed by atoms with Crippen molar-refractivity contribution in [3.05, 3.63) is 122 Å². The predicted molar refractivity (Wildman–Crippen MR) is 293 cm³/mol. The molecule has 384 valence electrons. The fraction of sp³-hybridized carbons (Fsp3) is 0.629. The van der Waals surface area contributed by atoms with E-state index in [4.69, 9.17) is 14.2 Å². The van der Waals surface area contributed by atoms with Gasteiger partial charge in [-0.05, 0) is 122 Å². The third kappa shape index (κ3) is 52.8. The highest BCUT2D eigenvalue weighted by Crippen LogP contribution is 2.13. The molecule has 0 aromatic heterocycles. The Morgan fingerprint density at radius 3 is 1.01 bits per heavy atom. The molecule has 0 amide bonds. The number of ether oxygens (including phenoxy) is 3. The summed E-state index contributed by atoms with van der Waals surface area (Å²) in [7, 11) is 0. The predicted octanol–water partition coefficient (Wildman–Crippen LogP) is 18.5. The van der Waals surface area contributed by atoms with Gasteiger partial charge in [0.15, 0.2) is 6.10 Å². The van der Waals surface area contributed by atoms with Crippen LogP contribution in [0.1, 0.15) is 233 Å². The number of rotatable bonds is 48. The van der Waals surface area contributed by atoms with Crippen LogP contribution in [0.3, 0.4) is 0 Å². The molecule has 0 aromatic carbocycles. The number of unbranched alkanes of at least 4 members (excludes halogenated alkanes) is 17. The van der Waals surface area contributed by atoms with Gasteiger partial charge in [-0.1, -0.05) is 213 Å². The number of hydrogen-bond donors (Lipinski definition) is 0. The average molecular weight is 941 g/mol. The van der Waals surface area contributed by atoms with Crippen molar-refractivity contribution < 1.29 is 28.6 Å². The molecule has 6 heteroatoms. The fourth-order valence-electron chi connectivity index (χ4n) is 7.03. The number of allylic oxidation sites excluding steroid dienone is 20. The van der Waals surface area contributed by atoms with E-state index in [-0.39, 0.29) is 37.5 Å². The maximum Gasteiger partial charge on any atom is 0.306 e. The Bertz CT molecular complexity index is 1450. The maximum atomic E-state index is 12.8. The van der Waals surface area contributed by atoms with Crippen LogP contribution in [-0.2, 0) is 28.6 Å². The Morgan fingerprint density at radius 2 is 0.603 bits per heavy atom. The van der Waals surface area contributed by atoms with Crippen molar-refractivity contribution in [2.45, 2.75) is 239 Å². The Hall–Kier alpha value is -4.19. The third-order valence-electron chi connectivity index (χ3n) is 11.2. The zero-order valence-corrected chi connectivity index (χ0v) is 43.8. The highest BCUT2D eigenvalue weighted by atomic mass is 16.6. The van der Waals surface area contributed by atoms with Crippen molar-refractivity contribution in [3.63, 3.8) is 0 Å². The van der Waals surface area contributed by atoms with E-state index in [0.717, 1.165) is 128 Å². The summed E-state index contributed by atoms with van der Waals surface area (Å²) in [5.41, 5.74) is 0. The molecule has 68 heavy (non-hydrogen) atoms. The van der Waals surface area contributed by atoms with Crippen LogP contribution in [0.5, 0.6) is 0 Å². The molecule has 0 fully saturated rings. The molecule has 1 unspecified atom stereocenters. The van der Waals surface area contributed by atoms with E-state index in [9.17, 15) is 14.4 Å². The first-order chi connectivity index (χ1) is 33.5. The van der Waals surface area contributed by atoms with Gasteiger partial charge in [-0.2, -0.15) is 0 Å². The summed E-state index contributed by atoms with van der Waals surface area (Å²) >= 11 is 0. The zero-order chi connectivity index (χ0) is 49.3. The first-order valence-corrected chi connectivity index (χ1v) is 27.5. The number of hydrogen-bond acceptors (Lipinski definition) is 6. The fourth-order valence-corrected chi connectivity index (χ4v) is 7.03. The Labute approximate surface area is 418 Å². The molecular formula is C62H100O6. The molecule has 0 aromatic rings. The van der Waals surface area contributed by atoms with Crippen LogP contribution < -0.4 is 0 Å². The summed E-state index contributed by atoms with van der Waals surface area (Å²) in [6.07, 6.45) is 76.2. The molecule has 0 radical (unpaired) electrons. The van der Waals surface area contributed by atoms with E-state index >= 15 is 0 Å². The van der Waals surface area contributed by atoms with Crippen LogP contribution in [0.2, 0.25) is 0 Å². The lowest BCUT2D eigenvalue weighted by molar-refractivity contribution is -0.167. The molecule has 6 nitrogen and oxygen atoms in total. The van der Waals surface area contributed by atoms with Crippen molar-refractivity contribution in [1.29, 1.82) is 0 Å². The topological polar surface area (TPSA) is 78.9 Å². The van der Waals surface area contributed by atoms with Crippen molar-refractivity contribution in [2.75, 3.05) is 13.2 Å². The molecule has 0 aliphatic carbocycles. The molecule has 0 bridgehead atoms. The van der Waals surface area contributed by atoms with E-state index in [1.54, 1.807) is 0 Å². The lowest BCUT2D eigenvalue weighted by Gasteiger charge is -2.18. The minimum Gasteiger partial charge on any atom is -0.462 e. The van der Waals surface area contributed by atoms with Gasteiger partial charge in [-0.15, -0.1) is 0 Å². The molecule has 0 aliphatic rings. The third-order valence-corrected chi connectivity index (χ3v) is 11.2. The Balaban J connectivity index is 4.49. The number of esters is 3. The highest BCUT2D eigenvalue weighted by Gasteiger charge is 2.19. The monoisotopic (exact) mass is 941 g/mol. The van der Waals surface area contributed by atoms with Gasteiger partial charge in [0.1, 0.15) is 13.2 Å². The van der Waals surface area contributed by atoms with Gasteiger partial charge in [0.05, 0.1) is 0 Å². The second-order valence-electron chi connectivity index (χ2n) is 17.7. The molecule has 0 saturated carbocycles. The van der Waals surface area contributed by atoms with Gasteiger partial charge in [-0.3, -0.25) is 14.4 Å². The second-order valence-corrected chi connectivity index (χ2v) is 17.7. The lowest BCUT2D eigenvalue weighted by Crippen LogP contribution is -2.30. The van der Waals surface area contributed by atoms with Crippen LogP contribution >= 0.6 is 0 Å². The largest absolute Gasteiger partial charge is 0.462 e. The molecule has 1 atom stereocenters. The molecule has 0 rings (SSSR count). The van der Waals surface area contributed by atoms with Gasteiger partial charge in [0, 0.05) is 19.3 Å². The average Bonchev–Trinajstić information content (AvgIpc) is 3.34. The minimum atomic E-state index is -0.815. The zero-order valence-electron chi connectivity index (χ0n) is 43.8. The summed E-state index contributed by atoms with van der Waals surface area (Å²) in [5.74, 6) is -1.000. The van der Waals surface area contributed by atoms with Crippen LogP contribution in [0.25, 0.3) is 0 Å². The van der Waals surface area contributed by atoms with Crippen molar-refractivity contribution in [1.82, 2.24) is 0 Å². The SMILES string of the molecule is CC/C=C\C/C=C\C/C=C\C/C=C\C/C=C\C/C=C\C/C=C\CCCC(=O)OCC(COC(=O)CCCCCCC/C=C\CCCC)OC(=O)CCCCCCC/C=C\C/C=C\CCCCCC. The Kier molecular flexibility index (Phi) is 52.0. The normalized spacial score (nSPS) is 13.0. The first kappa shape index (κ1) is 63.8. The smallest absolute Gasteiger partial charge is 0.306 e. The molecule has 0 aliphatic heterocycles. The standard InChI is InChI=1S/C62H100O6/c1-4-7-10-13-16-19-22-24-26-28-29-30-31-32-33-34-36-37-40-43-46-49-52-55-61(64)67-58-59(57-66-60(63)54-51-48-45-42-39-21-18-15-12-9-6-3)68-62(65)56-53-50-47-44-41-38-35-27-25-23-20-17-14-11-8-5-2/h7,10,15-16,18-20,23-24,26-27,29-30,32-33,35-37,43,46,59H,4-6,8-9,11-14,17,21-22,25,28,31,34,38-42,44-45,47-58H2,1-3H3/b10-7-,18-15-,19-16-,23-20-,26-24-,30-29-,33-32-,35-27-,37-36-,46-43-. The van der Waals surface area contributed by atoms with Crippen LogP contribution in [0.4, 0.5) is 0 Å². The van der Waals surface area contributed by atoms with Crippen LogP contribution in [0, 0.1) is 0 Å². The van der Waals surface area contributed by atoms with Crippen molar-refractivity contribution in [3.8, 4) is 0 Å². The maximum absolute atomic E-state index is 12.8. The van der Waals surface area contributed by atoms with Gasteiger partial charge in [0.2, 0.25) is 0 Å². The summed E-state index contributed by atoms with van der Waals surface area (Å²) < 4.78 is 16.7. The van der Waals surface area contributed by atoms with Gasteiger partial charge in [0.25, 0.3) is 0 Å². The lowest BCUT2D eigenvalue weighted by atomic mass is 10.1. The summed E-state index contributed by atoms with van der Waals surface area (Å²) in [6.45, 7) is 6.39. The number of carbonyl (C=O) groups excluding carboxylic acids is 3. The van der Waals surface area contributed by atoms with Gasteiger partial charge in [-0.25, -0.2) is 0 Å². The quantitative estimate of drug-likeness (QED) is 0.0262. The minimum absolute atomic E-state index is 0.109. The Morgan fingerprint density at radius 1 is 0.309 bits per heavy atom. The van der Waals surface area contributed by atoms with Gasteiger partial charge < -0.3 is 14.2 Å². The first-order valence-electron chi connectivity index (χ1n) is 27.5. The molecule has 0 heterocycles. The van der Waals surface area contributed by atoms with Crippen molar-refractivity contribution in [2.24, 2.45) is 0 Å². The van der Waals surface area contributed by atoms with E-state index < -0.39 is 6.10 Å². The molecule has 0 N–H and O–H groups in total. The van der Waals surface area contributed by atoms with E-state index in [1.807, 2.05) is 0 Å². The van der Waals surface area contributed by atoms with E-state index in [1.165, 1.54) is 57.8 Å². The van der Waals surface area contributed by atoms with E-state index in [0.29, 0.717) is 19.3 Å². The second kappa shape index (κ2) is 55.4.